The zero-order valence-corrected chi connectivity index (χ0v) is 11.8. The van der Waals surface area contributed by atoms with Crippen LogP contribution in [0.4, 0.5) is 13.2 Å². The van der Waals surface area contributed by atoms with Crippen LogP contribution < -0.4 is 5.32 Å². The van der Waals surface area contributed by atoms with E-state index >= 15 is 0 Å². The van der Waals surface area contributed by atoms with E-state index < -0.39 is 17.6 Å². The Morgan fingerprint density at radius 2 is 1.87 bits per heavy atom. The first-order valence-electron chi connectivity index (χ1n) is 6.81. The molecule has 0 saturated carbocycles. The maximum atomic E-state index is 12.5. The first-order chi connectivity index (χ1) is 10.9. The van der Waals surface area contributed by atoms with Gasteiger partial charge in [-0.25, -0.2) is 0 Å². The number of hydrogen-bond acceptors (Lipinski definition) is 2. The van der Waals surface area contributed by atoms with Gasteiger partial charge in [0.15, 0.2) is 0 Å². The number of halogens is 3. The summed E-state index contributed by atoms with van der Waals surface area (Å²) in [5, 5.41) is 10.3. The summed E-state index contributed by atoms with van der Waals surface area (Å²) in [5.74, 6) is -0.431. The average Bonchev–Trinajstić information content (AvgIpc) is 3.01. The van der Waals surface area contributed by atoms with Gasteiger partial charge in [-0.1, -0.05) is 12.1 Å². The summed E-state index contributed by atoms with van der Waals surface area (Å²) in [6.45, 7) is 0.261. The molecule has 0 unspecified atom stereocenters. The minimum absolute atomic E-state index is 0.178. The molecule has 0 saturated heterocycles. The van der Waals surface area contributed by atoms with Crippen LogP contribution in [0.2, 0.25) is 0 Å². The van der Waals surface area contributed by atoms with Gasteiger partial charge in [-0.05, 0) is 35.9 Å². The first-order valence-corrected chi connectivity index (χ1v) is 6.81. The third-order valence-corrected chi connectivity index (χ3v) is 3.49. The Labute approximate surface area is 129 Å². The fraction of sp³-hybridized carbons (Fsp3) is 0.125. The van der Waals surface area contributed by atoms with Gasteiger partial charge in [0, 0.05) is 17.5 Å². The van der Waals surface area contributed by atoms with E-state index in [1.165, 1.54) is 0 Å². The maximum absolute atomic E-state index is 12.5. The summed E-state index contributed by atoms with van der Waals surface area (Å²) in [4.78, 5) is 12.0. The first kappa shape index (κ1) is 15.1. The molecule has 2 aromatic carbocycles. The molecule has 1 aromatic heterocycles. The van der Waals surface area contributed by atoms with Crippen molar-refractivity contribution in [2.45, 2.75) is 12.7 Å². The average molecular weight is 319 g/mol. The second kappa shape index (κ2) is 5.75. The molecule has 7 heteroatoms. The van der Waals surface area contributed by atoms with Gasteiger partial charge < -0.3 is 5.32 Å². The summed E-state index contributed by atoms with van der Waals surface area (Å²) in [6, 6.07) is 9.67. The molecule has 0 radical (unpaired) electrons. The van der Waals surface area contributed by atoms with E-state index in [4.69, 9.17) is 0 Å². The third kappa shape index (κ3) is 3.18. The van der Waals surface area contributed by atoms with E-state index in [1.807, 2.05) is 18.2 Å². The predicted octanol–water partition coefficient (Wildman–Crippen LogP) is 3.51. The van der Waals surface area contributed by atoms with Crippen LogP contribution in [0, 0.1) is 0 Å². The number of H-pyrrole nitrogens is 1. The summed E-state index contributed by atoms with van der Waals surface area (Å²) >= 11 is 0. The molecule has 3 aromatic rings. The van der Waals surface area contributed by atoms with Gasteiger partial charge in [0.25, 0.3) is 5.91 Å². The van der Waals surface area contributed by atoms with Crippen molar-refractivity contribution in [3.63, 3.8) is 0 Å². The fourth-order valence-corrected chi connectivity index (χ4v) is 2.27. The number of rotatable bonds is 3. The van der Waals surface area contributed by atoms with Crippen LogP contribution >= 0.6 is 0 Å². The van der Waals surface area contributed by atoms with E-state index in [1.54, 1.807) is 6.20 Å². The molecule has 4 nitrogen and oxygen atoms in total. The minimum atomic E-state index is -4.41. The number of nitrogens with zero attached hydrogens (tertiary/aromatic N) is 1. The summed E-state index contributed by atoms with van der Waals surface area (Å²) in [7, 11) is 0. The van der Waals surface area contributed by atoms with Crippen molar-refractivity contribution in [3.8, 4) is 0 Å². The number of benzene rings is 2. The monoisotopic (exact) mass is 319 g/mol. The number of carbonyl (C=O) groups excluding carboxylic acids is 1. The summed E-state index contributed by atoms with van der Waals surface area (Å²) < 4.78 is 37.5. The van der Waals surface area contributed by atoms with Crippen molar-refractivity contribution in [2.75, 3.05) is 0 Å². The molecule has 1 heterocycles. The number of nitrogens with one attached hydrogen (secondary N) is 2. The molecule has 0 aliphatic heterocycles. The second-order valence-electron chi connectivity index (χ2n) is 5.01. The van der Waals surface area contributed by atoms with Crippen molar-refractivity contribution in [3.05, 3.63) is 65.4 Å². The lowest BCUT2D eigenvalue weighted by molar-refractivity contribution is -0.137. The number of hydrogen-bond donors (Lipinski definition) is 2. The Morgan fingerprint density at radius 1 is 1.13 bits per heavy atom. The third-order valence-electron chi connectivity index (χ3n) is 3.49. The number of amides is 1. The molecule has 1 amide bonds. The van der Waals surface area contributed by atoms with Gasteiger partial charge in [0.2, 0.25) is 0 Å². The van der Waals surface area contributed by atoms with E-state index in [9.17, 15) is 18.0 Å². The smallest absolute Gasteiger partial charge is 0.348 e. The highest BCUT2D eigenvalue weighted by atomic mass is 19.4. The Balaban J connectivity index is 1.71. The Bertz CT molecular complexity index is 838. The molecule has 0 bridgehead atoms. The Morgan fingerprint density at radius 3 is 2.57 bits per heavy atom. The predicted molar refractivity (Wildman–Crippen MR) is 78.7 cm³/mol. The molecular weight excluding hydrogens is 307 g/mol. The molecule has 0 fully saturated rings. The van der Waals surface area contributed by atoms with Gasteiger partial charge in [-0.3, -0.25) is 9.89 Å². The highest BCUT2D eigenvalue weighted by Gasteiger charge is 2.30. The molecule has 0 aliphatic carbocycles. The largest absolute Gasteiger partial charge is 0.416 e. The Hall–Kier alpha value is -2.83. The SMILES string of the molecule is O=C(NCc1cccc2[nH]ncc12)c1ccc(C(F)(F)F)cc1. The van der Waals surface area contributed by atoms with Gasteiger partial charge >= 0.3 is 6.18 Å². The van der Waals surface area contributed by atoms with Crippen LogP contribution in [0.3, 0.4) is 0 Å². The number of carbonyl (C=O) groups is 1. The highest BCUT2D eigenvalue weighted by molar-refractivity contribution is 5.94. The van der Waals surface area contributed by atoms with Crippen molar-refractivity contribution < 1.29 is 18.0 Å². The lowest BCUT2D eigenvalue weighted by Crippen LogP contribution is -2.23. The van der Waals surface area contributed by atoms with Crippen LogP contribution in [0.5, 0.6) is 0 Å². The fourth-order valence-electron chi connectivity index (χ4n) is 2.27. The topological polar surface area (TPSA) is 57.8 Å². The van der Waals surface area contributed by atoms with Gasteiger partial charge in [-0.15, -0.1) is 0 Å². The zero-order chi connectivity index (χ0) is 16.4. The lowest BCUT2D eigenvalue weighted by atomic mass is 10.1. The molecule has 3 rings (SSSR count). The number of aromatic amines is 1. The van der Waals surface area contributed by atoms with Crippen LogP contribution in [-0.2, 0) is 12.7 Å². The maximum Gasteiger partial charge on any atom is 0.416 e. The van der Waals surface area contributed by atoms with Crippen LogP contribution in [0.1, 0.15) is 21.5 Å². The highest BCUT2D eigenvalue weighted by Crippen LogP contribution is 2.29. The van der Waals surface area contributed by atoms with E-state index in [-0.39, 0.29) is 12.1 Å². The second-order valence-corrected chi connectivity index (χ2v) is 5.01. The summed E-state index contributed by atoms with van der Waals surface area (Å²) in [6.07, 6.45) is -2.75. The van der Waals surface area contributed by atoms with Gasteiger partial charge in [0.05, 0.1) is 17.3 Å². The van der Waals surface area contributed by atoms with Crippen molar-refractivity contribution in [1.82, 2.24) is 15.5 Å². The number of alkyl halides is 3. The number of aromatic nitrogens is 2. The quantitative estimate of drug-likeness (QED) is 0.776. The van der Waals surface area contributed by atoms with Crippen LogP contribution in [-0.4, -0.2) is 16.1 Å². The lowest BCUT2D eigenvalue weighted by Gasteiger charge is -2.09. The zero-order valence-electron chi connectivity index (χ0n) is 11.8. The molecule has 23 heavy (non-hydrogen) atoms. The van der Waals surface area contributed by atoms with E-state index in [2.05, 4.69) is 15.5 Å². The molecular formula is C16H12F3N3O. The normalized spacial score (nSPS) is 11.6. The minimum Gasteiger partial charge on any atom is -0.348 e. The van der Waals surface area contributed by atoms with Crippen molar-refractivity contribution in [2.24, 2.45) is 0 Å². The standard InChI is InChI=1S/C16H12F3N3O/c17-16(18,19)12-6-4-10(5-7-12)15(23)20-8-11-2-1-3-14-13(11)9-21-22-14/h1-7,9H,8H2,(H,20,23)(H,21,22). The van der Waals surface area contributed by atoms with Gasteiger partial charge in [-0.2, -0.15) is 18.3 Å². The molecule has 2 N–H and O–H groups in total. The van der Waals surface area contributed by atoms with E-state index in [0.717, 1.165) is 40.7 Å². The summed E-state index contributed by atoms with van der Waals surface area (Å²) in [5.41, 5.74) is 1.12. The van der Waals surface area contributed by atoms with Crippen LogP contribution in [0.15, 0.2) is 48.7 Å². The van der Waals surface area contributed by atoms with Gasteiger partial charge in [0.1, 0.15) is 0 Å². The molecule has 0 aliphatic rings. The molecule has 0 spiro atoms. The van der Waals surface area contributed by atoms with E-state index in [0.29, 0.717) is 0 Å². The molecule has 0 atom stereocenters. The van der Waals surface area contributed by atoms with Crippen molar-refractivity contribution in [1.29, 1.82) is 0 Å². The molecule has 118 valence electrons. The van der Waals surface area contributed by atoms with Crippen LogP contribution in [0.25, 0.3) is 10.9 Å². The number of fused-ring (bicyclic) bond motifs is 1. The Kier molecular flexibility index (Phi) is 3.77. The van der Waals surface area contributed by atoms with Crippen molar-refractivity contribution >= 4 is 16.8 Å².